The topological polar surface area (TPSA) is 88.2 Å². The first-order valence-corrected chi connectivity index (χ1v) is 7.92. The fourth-order valence-corrected chi connectivity index (χ4v) is 3.07. The zero-order valence-electron chi connectivity index (χ0n) is 13.9. The summed E-state index contributed by atoms with van der Waals surface area (Å²) in [7, 11) is 1.29. The Bertz CT molecular complexity index is 460. The highest BCUT2D eigenvalue weighted by molar-refractivity contribution is 5.88. The molecule has 0 aliphatic carbocycles. The molecule has 0 aromatic carbocycles. The van der Waals surface area contributed by atoms with Crippen LogP contribution in [0.4, 0.5) is 0 Å². The Balaban J connectivity index is 1.99. The van der Waals surface area contributed by atoms with E-state index in [1.54, 1.807) is 9.80 Å². The number of carbonyl (C=O) groups excluding carboxylic acids is 3. The zero-order chi connectivity index (χ0) is 17.0. The normalized spacial score (nSPS) is 29.1. The van der Waals surface area contributed by atoms with Crippen molar-refractivity contribution in [2.75, 3.05) is 39.8 Å². The van der Waals surface area contributed by atoms with E-state index in [9.17, 15) is 14.4 Å². The van der Waals surface area contributed by atoms with Crippen molar-refractivity contribution in [3.63, 3.8) is 0 Å². The number of nitrogens with one attached hydrogen (secondary N) is 1. The fourth-order valence-electron chi connectivity index (χ4n) is 3.07. The number of amides is 2. The molecule has 23 heavy (non-hydrogen) atoms. The van der Waals surface area contributed by atoms with Crippen molar-refractivity contribution in [3.05, 3.63) is 0 Å². The summed E-state index contributed by atoms with van der Waals surface area (Å²) in [5, 5.41) is 2.73. The Hall–Kier alpha value is -1.67. The van der Waals surface area contributed by atoms with E-state index in [-0.39, 0.29) is 37.0 Å². The Kier molecular flexibility index (Phi) is 5.95. The van der Waals surface area contributed by atoms with Crippen LogP contribution in [0.5, 0.6) is 0 Å². The number of methoxy groups -OCH3 is 1. The van der Waals surface area contributed by atoms with Gasteiger partial charge in [-0.3, -0.25) is 19.3 Å². The predicted octanol–water partition coefficient (Wildman–Crippen LogP) is -1.01. The molecule has 2 aliphatic rings. The first kappa shape index (κ1) is 17.7. The van der Waals surface area contributed by atoms with Crippen molar-refractivity contribution in [2.45, 2.75) is 38.5 Å². The molecule has 2 amide bonds. The highest BCUT2D eigenvalue weighted by Gasteiger charge is 2.35. The predicted molar refractivity (Wildman–Crippen MR) is 81.6 cm³/mol. The molecular formula is C15H25N3O5. The summed E-state index contributed by atoms with van der Waals surface area (Å²) in [4.78, 5) is 39.6. The van der Waals surface area contributed by atoms with Gasteiger partial charge in [0.1, 0.15) is 6.04 Å². The van der Waals surface area contributed by atoms with Gasteiger partial charge in [-0.05, 0) is 13.8 Å². The lowest BCUT2D eigenvalue weighted by molar-refractivity contribution is -0.150. The van der Waals surface area contributed by atoms with Crippen molar-refractivity contribution >= 4 is 17.8 Å². The van der Waals surface area contributed by atoms with Crippen LogP contribution < -0.4 is 5.32 Å². The Morgan fingerprint density at radius 3 is 2.57 bits per heavy atom. The summed E-state index contributed by atoms with van der Waals surface area (Å²) in [6, 6.07) is -0.656. The van der Waals surface area contributed by atoms with Crippen LogP contribution >= 0.6 is 0 Å². The highest BCUT2D eigenvalue weighted by Crippen LogP contribution is 2.14. The number of hydrogen-bond donors (Lipinski definition) is 1. The summed E-state index contributed by atoms with van der Waals surface area (Å²) >= 11 is 0. The molecule has 0 spiro atoms. The van der Waals surface area contributed by atoms with Crippen LogP contribution in [0.25, 0.3) is 0 Å². The zero-order valence-corrected chi connectivity index (χ0v) is 13.9. The average Bonchev–Trinajstić information content (AvgIpc) is 2.49. The van der Waals surface area contributed by atoms with Gasteiger partial charge in [0.25, 0.3) is 0 Å². The van der Waals surface area contributed by atoms with Gasteiger partial charge in [-0.2, -0.15) is 0 Å². The molecule has 0 radical (unpaired) electrons. The fraction of sp³-hybridized carbons (Fsp3) is 0.800. The molecule has 3 atom stereocenters. The van der Waals surface area contributed by atoms with Gasteiger partial charge < -0.3 is 19.7 Å². The van der Waals surface area contributed by atoms with Crippen LogP contribution in [0.15, 0.2) is 0 Å². The van der Waals surface area contributed by atoms with Gasteiger partial charge in [0.2, 0.25) is 11.8 Å². The van der Waals surface area contributed by atoms with Crippen LogP contribution in [0.3, 0.4) is 0 Å². The molecule has 8 nitrogen and oxygen atoms in total. The molecule has 0 aromatic rings. The lowest BCUT2D eigenvalue weighted by atomic mass is 10.1. The molecule has 130 valence electrons. The van der Waals surface area contributed by atoms with E-state index < -0.39 is 12.0 Å². The molecule has 2 heterocycles. The van der Waals surface area contributed by atoms with Crippen molar-refractivity contribution in [3.8, 4) is 0 Å². The lowest BCUT2D eigenvalue weighted by Crippen LogP contribution is -2.59. The number of rotatable bonds is 4. The summed E-state index contributed by atoms with van der Waals surface area (Å²) in [5.41, 5.74) is 0. The van der Waals surface area contributed by atoms with Crippen LogP contribution in [-0.4, -0.2) is 85.7 Å². The van der Waals surface area contributed by atoms with Gasteiger partial charge in [-0.15, -0.1) is 0 Å². The quantitative estimate of drug-likeness (QED) is 0.666. The molecule has 1 N–H and O–H groups in total. The summed E-state index contributed by atoms with van der Waals surface area (Å²) in [5.74, 6) is -0.743. The summed E-state index contributed by atoms with van der Waals surface area (Å²) in [6.07, 6.45) is -0.0534. The second kappa shape index (κ2) is 7.74. The van der Waals surface area contributed by atoms with E-state index >= 15 is 0 Å². The summed E-state index contributed by atoms with van der Waals surface area (Å²) in [6.45, 7) is 6.09. The lowest BCUT2D eigenvalue weighted by Gasteiger charge is -2.38. The second-order valence-electron chi connectivity index (χ2n) is 6.11. The van der Waals surface area contributed by atoms with E-state index in [1.165, 1.54) is 7.11 Å². The Morgan fingerprint density at radius 1 is 1.30 bits per heavy atom. The van der Waals surface area contributed by atoms with Crippen molar-refractivity contribution < 1.29 is 23.9 Å². The number of nitrogens with zero attached hydrogens (tertiary/aromatic N) is 2. The van der Waals surface area contributed by atoms with E-state index in [2.05, 4.69) is 10.1 Å². The van der Waals surface area contributed by atoms with Gasteiger partial charge >= 0.3 is 5.97 Å². The van der Waals surface area contributed by atoms with Crippen LogP contribution in [0.1, 0.15) is 20.3 Å². The molecular weight excluding hydrogens is 302 g/mol. The van der Waals surface area contributed by atoms with E-state index in [0.717, 1.165) is 0 Å². The molecule has 8 heteroatoms. The van der Waals surface area contributed by atoms with Crippen molar-refractivity contribution in [1.29, 1.82) is 0 Å². The average molecular weight is 327 g/mol. The maximum Gasteiger partial charge on any atom is 0.307 e. The van der Waals surface area contributed by atoms with Gasteiger partial charge in [0.15, 0.2) is 0 Å². The highest BCUT2D eigenvalue weighted by atomic mass is 16.5. The minimum Gasteiger partial charge on any atom is -0.469 e. The molecule has 2 fully saturated rings. The van der Waals surface area contributed by atoms with E-state index in [0.29, 0.717) is 26.2 Å². The van der Waals surface area contributed by atoms with Crippen LogP contribution in [-0.2, 0) is 23.9 Å². The van der Waals surface area contributed by atoms with Gasteiger partial charge in [-0.25, -0.2) is 0 Å². The third kappa shape index (κ3) is 4.65. The third-order valence-electron chi connectivity index (χ3n) is 4.14. The SMILES string of the molecule is COC(=O)CC1C(=O)NCCN1CC(=O)N1CC(C)OC(C)C1. The van der Waals surface area contributed by atoms with Gasteiger partial charge in [0, 0.05) is 26.2 Å². The minimum atomic E-state index is -0.656. The molecule has 2 saturated heterocycles. The molecule has 0 saturated carbocycles. The smallest absolute Gasteiger partial charge is 0.307 e. The molecule has 2 rings (SSSR count). The number of morpholine rings is 1. The molecule has 0 bridgehead atoms. The molecule has 3 unspecified atom stereocenters. The molecule has 0 aromatic heterocycles. The second-order valence-corrected chi connectivity index (χ2v) is 6.11. The summed E-state index contributed by atoms with van der Waals surface area (Å²) < 4.78 is 10.3. The largest absolute Gasteiger partial charge is 0.469 e. The minimum absolute atomic E-state index is 0.00165. The number of ether oxygens (including phenoxy) is 2. The van der Waals surface area contributed by atoms with E-state index in [4.69, 9.17) is 4.74 Å². The number of piperazine rings is 1. The standard InChI is InChI=1S/C15H25N3O5/c1-10-7-18(8-11(2)23-10)13(19)9-17-5-4-16-15(21)12(17)6-14(20)22-3/h10-12H,4-9H2,1-3H3,(H,16,21). The first-order chi connectivity index (χ1) is 10.9. The van der Waals surface area contributed by atoms with Gasteiger partial charge in [-0.1, -0.05) is 0 Å². The maximum absolute atomic E-state index is 12.5. The Labute approximate surface area is 136 Å². The first-order valence-electron chi connectivity index (χ1n) is 7.92. The molecule has 2 aliphatic heterocycles. The third-order valence-corrected chi connectivity index (χ3v) is 4.14. The Morgan fingerprint density at radius 2 is 1.96 bits per heavy atom. The number of hydrogen-bond acceptors (Lipinski definition) is 6. The van der Waals surface area contributed by atoms with Crippen LogP contribution in [0.2, 0.25) is 0 Å². The number of esters is 1. The monoisotopic (exact) mass is 327 g/mol. The van der Waals surface area contributed by atoms with Crippen LogP contribution in [0, 0.1) is 0 Å². The van der Waals surface area contributed by atoms with Crippen molar-refractivity contribution in [1.82, 2.24) is 15.1 Å². The van der Waals surface area contributed by atoms with Crippen molar-refractivity contribution in [2.24, 2.45) is 0 Å². The van der Waals surface area contributed by atoms with E-state index in [1.807, 2.05) is 13.8 Å². The maximum atomic E-state index is 12.5. The van der Waals surface area contributed by atoms with Gasteiger partial charge in [0.05, 0.1) is 32.3 Å². The number of carbonyl (C=O) groups is 3.